The van der Waals surface area contributed by atoms with Gasteiger partial charge in [0.2, 0.25) is 5.95 Å². The average molecular weight is 371 g/mol. The van der Waals surface area contributed by atoms with Crippen molar-refractivity contribution < 1.29 is 9.18 Å². The summed E-state index contributed by atoms with van der Waals surface area (Å²) in [6.07, 6.45) is 3.58. The monoisotopic (exact) mass is 370 g/mol. The highest BCUT2D eigenvalue weighted by molar-refractivity contribution is 6.30. The molecule has 0 aliphatic heterocycles. The fraction of sp³-hybridized carbons (Fsp3) is 0.105. The van der Waals surface area contributed by atoms with Crippen LogP contribution in [0.4, 0.5) is 16.0 Å². The van der Waals surface area contributed by atoms with Crippen molar-refractivity contribution in [2.45, 2.75) is 6.42 Å². The quantitative estimate of drug-likeness (QED) is 0.683. The highest BCUT2D eigenvalue weighted by atomic mass is 35.5. The fourth-order valence-corrected chi connectivity index (χ4v) is 2.39. The summed E-state index contributed by atoms with van der Waals surface area (Å²) < 4.78 is 13.6. The SMILES string of the molecule is O=C(Nc1ccccc1F)c1cnc(NCCc2ccc(Cl)cc2)nc1. The molecule has 0 unspecified atom stereocenters. The van der Waals surface area contributed by atoms with Gasteiger partial charge in [-0.3, -0.25) is 4.79 Å². The molecule has 0 bridgehead atoms. The fourth-order valence-electron chi connectivity index (χ4n) is 2.26. The molecule has 0 fully saturated rings. The van der Waals surface area contributed by atoms with Gasteiger partial charge >= 0.3 is 0 Å². The summed E-state index contributed by atoms with van der Waals surface area (Å²) in [7, 11) is 0. The zero-order valence-electron chi connectivity index (χ0n) is 13.7. The van der Waals surface area contributed by atoms with Gasteiger partial charge in [-0.25, -0.2) is 14.4 Å². The number of amides is 1. The highest BCUT2D eigenvalue weighted by Gasteiger charge is 2.10. The highest BCUT2D eigenvalue weighted by Crippen LogP contribution is 2.14. The summed E-state index contributed by atoms with van der Waals surface area (Å²) in [5, 5.41) is 6.28. The zero-order valence-corrected chi connectivity index (χ0v) is 14.5. The normalized spacial score (nSPS) is 10.4. The van der Waals surface area contributed by atoms with Crippen molar-refractivity contribution >= 4 is 29.1 Å². The number of nitrogens with zero attached hydrogens (tertiary/aromatic N) is 2. The van der Waals surface area contributed by atoms with Crippen molar-refractivity contribution in [1.82, 2.24) is 9.97 Å². The van der Waals surface area contributed by atoms with Crippen LogP contribution in [0.3, 0.4) is 0 Å². The van der Waals surface area contributed by atoms with E-state index in [-0.39, 0.29) is 11.3 Å². The lowest BCUT2D eigenvalue weighted by molar-refractivity contribution is 0.102. The van der Waals surface area contributed by atoms with E-state index in [4.69, 9.17) is 11.6 Å². The number of para-hydroxylation sites is 1. The maximum Gasteiger partial charge on any atom is 0.258 e. The van der Waals surface area contributed by atoms with Crippen LogP contribution in [0, 0.1) is 5.82 Å². The first-order chi connectivity index (χ1) is 12.6. The number of rotatable bonds is 6. The molecule has 0 aliphatic carbocycles. The van der Waals surface area contributed by atoms with Crippen LogP contribution in [-0.2, 0) is 6.42 Å². The molecule has 0 atom stereocenters. The van der Waals surface area contributed by atoms with Crippen LogP contribution < -0.4 is 10.6 Å². The van der Waals surface area contributed by atoms with Crippen molar-refractivity contribution in [1.29, 1.82) is 0 Å². The summed E-state index contributed by atoms with van der Waals surface area (Å²) in [5.74, 6) is -0.550. The summed E-state index contributed by atoms with van der Waals surface area (Å²) >= 11 is 5.85. The lowest BCUT2D eigenvalue weighted by atomic mass is 10.1. The Bertz CT molecular complexity index is 885. The zero-order chi connectivity index (χ0) is 18.4. The minimum Gasteiger partial charge on any atom is -0.354 e. The maximum atomic E-state index is 13.6. The predicted molar refractivity (Wildman–Crippen MR) is 100 cm³/mol. The Hall–Kier alpha value is -2.99. The molecule has 1 amide bonds. The van der Waals surface area contributed by atoms with Gasteiger partial charge in [0.05, 0.1) is 11.3 Å². The molecule has 0 radical (unpaired) electrons. The largest absolute Gasteiger partial charge is 0.354 e. The van der Waals surface area contributed by atoms with Gasteiger partial charge in [-0.15, -0.1) is 0 Å². The van der Waals surface area contributed by atoms with Crippen LogP contribution >= 0.6 is 11.6 Å². The second-order valence-corrected chi connectivity index (χ2v) is 5.97. The molecule has 3 aromatic rings. The summed E-state index contributed by atoms with van der Waals surface area (Å²) in [6.45, 7) is 0.641. The number of anilines is 2. The molecule has 0 saturated heterocycles. The molecule has 2 N–H and O–H groups in total. The van der Waals surface area contributed by atoms with Gasteiger partial charge in [0.25, 0.3) is 5.91 Å². The topological polar surface area (TPSA) is 66.9 Å². The molecule has 132 valence electrons. The third-order valence-electron chi connectivity index (χ3n) is 3.65. The minimum absolute atomic E-state index is 0.114. The van der Waals surface area contributed by atoms with Gasteiger partial charge in [0.15, 0.2) is 0 Å². The Morgan fingerprint density at radius 3 is 2.42 bits per heavy atom. The molecular formula is C19H16ClFN4O. The van der Waals surface area contributed by atoms with E-state index in [0.717, 1.165) is 12.0 Å². The molecule has 0 saturated carbocycles. The first-order valence-corrected chi connectivity index (χ1v) is 8.36. The molecule has 2 aromatic carbocycles. The van der Waals surface area contributed by atoms with Gasteiger partial charge < -0.3 is 10.6 Å². The second-order valence-electron chi connectivity index (χ2n) is 5.53. The van der Waals surface area contributed by atoms with E-state index in [1.165, 1.54) is 24.5 Å². The number of benzene rings is 2. The van der Waals surface area contributed by atoms with Gasteiger partial charge in [0.1, 0.15) is 5.82 Å². The number of nitrogens with one attached hydrogen (secondary N) is 2. The van der Waals surface area contributed by atoms with Crippen LogP contribution in [0.25, 0.3) is 0 Å². The van der Waals surface area contributed by atoms with E-state index in [2.05, 4.69) is 20.6 Å². The maximum absolute atomic E-state index is 13.6. The van der Waals surface area contributed by atoms with Crippen LogP contribution in [0.5, 0.6) is 0 Å². The van der Waals surface area contributed by atoms with E-state index in [0.29, 0.717) is 17.5 Å². The average Bonchev–Trinajstić information content (AvgIpc) is 2.66. The van der Waals surface area contributed by atoms with Crippen molar-refractivity contribution in [2.75, 3.05) is 17.2 Å². The van der Waals surface area contributed by atoms with E-state index in [9.17, 15) is 9.18 Å². The summed E-state index contributed by atoms with van der Waals surface area (Å²) in [5.41, 5.74) is 1.50. The van der Waals surface area contributed by atoms with Crippen LogP contribution in [0.15, 0.2) is 60.9 Å². The number of aromatic nitrogens is 2. The van der Waals surface area contributed by atoms with Crippen molar-refractivity contribution in [2.24, 2.45) is 0 Å². The van der Waals surface area contributed by atoms with Crippen LogP contribution in [0.1, 0.15) is 15.9 Å². The Morgan fingerprint density at radius 1 is 1.04 bits per heavy atom. The molecule has 1 heterocycles. The molecule has 0 aliphatic rings. The Kier molecular flexibility index (Phi) is 5.76. The Balaban J connectivity index is 1.53. The molecule has 1 aromatic heterocycles. The molecular weight excluding hydrogens is 355 g/mol. The number of carbonyl (C=O) groups excluding carboxylic acids is 1. The van der Waals surface area contributed by atoms with Gasteiger partial charge in [-0.1, -0.05) is 35.9 Å². The van der Waals surface area contributed by atoms with E-state index in [1.54, 1.807) is 12.1 Å². The van der Waals surface area contributed by atoms with Crippen molar-refractivity contribution in [3.05, 3.63) is 82.9 Å². The van der Waals surface area contributed by atoms with E-state index >= 15 is 0 Å². The number of hydrogen-bond acceptors (Lipinski definition) is 4. The number of hydrogen-bond donors (Lipinski definition) is 2. The first kappa shape index (κ1) is 17.8. The number of halogens is 2. The lowest BCUT2D eigenvalue weighted by Crippen LogP contribution is -2.14. The van der Waals surface area contributed by atoms with Gasteiger partial charge in [-0.05, 0) is 36.2 Å². The molecule has 5 nitrogen and oxygen atoms in total. The van der Waals surface area contributed by atoms with E-state index < -0.39 is 11.7 Å². The smallest absolute Gasteiger partial charge is 0.258 e. The van der Waals surface area contributed by atoms with Gasteiger partial charge in [0, 0.05) is 24.0 Å². The van der Waals surface area contributed by atoms with E-state index in [1.807, 2.05) is 24.3 Å². The lowest BCUT2D eigenvalue weighted by Gasteiger charge is -2.07. The molecule has 0 spiro atoms. The first-order valence-electron chi connectivity index (χ1n) is 7.98. The van der Waals surface area contributed by atoms with Crippen LogP contribution in [0.2, 0.25) is 5.02 Å². The minimum atomic E-state index is -0.498. The van der Waals surface area contributed by atoms with Gasteiger partial charge in [-0.2, -0.15) is 0 Å². The third-order valence-corrected chi connectivity index (χ3v) is 3.90. The molecule has 26 heavy (non-hydrogen) atoms. The molecule has 7 heteroatoms. The van der Waals surface area contributed by atoms with Crippen molar-refractivity contribution in [3.63, 3.8) is 0 Å². The summed E-state index contributed by atoms with van der Waals surface area (Å²) in [6, 6.07) is 13.6. The van der Waals surface area contributed by atoms with Crippen LogP contribution in [-0.4, -0.2) is 22.4 Å². The summed E-state index contributed by atoms with van der Waals surface area (Å²) in [4.78, 5) is 20.3. The second kappa shape index (κ2) is 8.40. The predicted octanol–water partition coefficient (Wildman–Crippen LogP) is 4.18. The van der Waals surface area contributed by atoms with Crippen molar-refractivity contribution in [3.8, 4) is 0 Å². The standard InChI is InChI=1S/C19H16ClFN4O/c20-15-7-5-13(6-8-15)9-10-22-19-23-11-14(12-24-19)18(26)25-17-4-2-1-3-16(17)21/h1-8,11-12H,9-10H2,(H,25,26)(H,22,23,24). The Labute approximate surface area is 155 Å². The molecule has 3 rings (SSSR count). The number of carbonyl (C=O) groups is 1. The Morgan fingerprint density at radius 2 is 1.73 bits per heavy atom. The third kappa shape index (κ3) is 4.77.